The lowest BCUT2D eigenvalue weighted by Gasteiger charge is -2.45. The Hall–Kier alpha value is -1.74. The molecule has 1 aromatic rings. The molecule has 0 radical (unpaired) electrons. The van der Waals surface area contributed by atoms with Gasteiger partial charge in [0.25, 0.3) is 0 Å². The third-order valence-corrected chi connectivity index (χ3v) is 8.25. The van der Waals surface area contributed by atoms with E-state index in [1.165, 1.54) is 16.8 Å². The second-order valence-corrected chi connectivity index (χ2v) is 11.7. The minimum atomic E-state index is -3.51. The molecule has 0 spiro atoms. The van der Waals surface area contributed by atoms with Gasteiger partial charge in [0, 0.05) is 44.3 Å². The van der Waals surface area contributed by atoms with Gasteiger partial charge in [-0.2, -0.15) is 4.31 Å². The Morgan fingerprint density at radius 3 is 2.31 bits per heavy atom. The van der Waals surface area contributed by atoms with E-state index in [0.717, 1.165) is 18.7 Å². The highest BCUT2D eigenvalue weighted by Gasteiger charge is 2.32. The predicted octanol–water partition coefficient (Wildman–Crippen LogP) is 2.59. The summed E-state index contributed by atoms with van der Waals surface area (Å²) in [5.74, 6) is 1.19. The highest BCUT2D eigenvalue weighted by atomic mass is 32.2. The number of hydrogen-bond acceptors (Lipinski definition) is 5. The zero-order valence-corrected chi connectivity index (χ0v) is 20.5. The van der Waals surface area contributed by atoms with Crippen molar-refractivity contribution >= 4 is 22.0 Å². The molecule has 0 bridgehead atoms. The molecule has 0 aromatic heterocycles. The fourth-order valence-corrected chi connectivity index (χ4v) is 5.90. The number of benzene rings is 1. The van der Waals surface area contributed by atoms with Crippen LogP contribution in [0.15, 0.2) is 35.2 Å². The van der Waals surface area contributed by atoms with E-state index < -0.39 is 10.0 Å². The summed E-state index contributed by atoms with van der Waals surface area (Å²) in [7, 11) is -3.51. The van der Waals surface area contributed by atoms with Crippen LogP contribution in [0.3, 0.4) is 0 Å². The first-order valence-electron chi connectivity index (χ1n) is 11.5. The molecular weight excluding hydrogens is 426 g/mol. The van der Waals surface area contributed by atoms with Gasteiger partial charge in [0.05, 0.1) is 18.1 Å². The summed E-state index contributed by atoms with van der Waals surface area (Å²) in [6, 6.07) is 6.61. The van der Waals surface area contributed by atoms with Crippen molar-refractivity contribution in [3.05, 3.63) is 35.9 Å². The van der Waals surface area contributed by atoms with Crippen LogP contribution < -0.4 is 5.32 Å². The van der Waals surface area contributed by atoms with Gasteiger partial charge in [0.1, 0.15) is 0 Å². The molecule has 2 unspecified atom stereocenters. The van der Waals surface area contributed by atoms with E-state index in [9.17, 15) is 13.2 Å². The number of hydrogen-bond donors (Lipinski definition) is 1. The Morgan fingerprint density at radius 1 is 1.12 bits per heavy atom. The summed E-state index contributed by atoms with van der Waals surface area (Å²) in [5.41, 5.74) is 0.668. The molecule has 2 aliphatic rings. The number of nitrogens with one attached hydrogen (secondary N) is 1. The van der Waals surface area contributed by atoms with Crippen LogP contribution in [0, 0.1) is 11.8 Å². The zero-order valence-electron chi connectivity index (χ0n) is 19.7. The molecule has 2 atom stereocenters. The SMILES string of the molecule is CC1CC(C)CN(C(C)(C)CNC(=O)/C=C/c2ccc(S(=O)(=O)N3CCOCC3)cc2)C1. The van der Waals surface area contributed by atoms with Gasteiger partial charge in [0.2, 0.25) is 15.9 Å². The number of ether oxygens (including phenoxy) is 1. The molecule has 178 valence electrons. The van der Waals surface area contributed by atoms with E-state index >= 15 is 0 Å². The highest BCUT2D eigenvalue weighted by molar-refractivity contribution is 7.89. The number of carbonyl (C=O) groups excluding carboxylic acids is 1. The van der Waals surface area contributed by atoms with Gasteiger partial charge in [-0.1, -0.05) is 26.0 Å². The van der Waals surface area contributed by atoms with Crippen LogP contribution in [0.25, 0.3) is 6.08 Å². The molecule has 1 N–H and O–H groups in total. The predicted molar refractivity (Wildman–Crippen MR) is 127 cm³/mol. The summed E-state index contributed by atoms with van der Waals surface area (Å²) in [5, 5.41) is 3.02. The summed E-state index contributed by atoms with van der Waals surface area (Å²) in [6.45, 7) is 13.2. The van der Waals surface area contributed by atoms with Gasteiger partial charge >= 0.3 is 0 Å². The molecule has 1 aromatic carbocycles. The van der Waals surface area contributed by atoms with E-state index in [1.807, 2.05) is 0 Å². The van der Waals surface area contributed by atoms with Crippen LogP contribution in [0.1, 0.15) is 39.7 Å². The molecule has 0 saturated carbocycles. The maximum atomic E-state index is 12.7. The number of rotatable bonds is 7. The maximum Gasteiger partial charge on any atom is 0.244 e. The lowest BCUT2D eigenvalue weighted by molar-refractivity contribution is -0.117. The molecule has 1 amide bonds. The monoisotopic (exact) mass is 463 g/mol. The molecule has 3 rings (SSSR count). The minimum Gasteiger partial charge on any atom is -0.379 e. The highest BCUT2D eigenvalue weighted by Crippen LogP contribution is 2.27. The van der Waals surface area contributed by atoms with E-state index in [0.29, 0.717) is 44.7 Å². The van der Waals surface area contributed by atoms with Crippen LogP contribution in [0.4, 0.5) is 0 Å². The summed E-state index contributed by atoms with van der Waals surface area (Å²) >= 11 is 0. The van der Waals surface area contributed by atoms with Gasteiger partial charge < -0.3 is 10.1 Å². The quantitative estimate of drug-likeness (QED) is 0.629. The number of nitrogens with zero attached hydrogens (tertiary/aromatic N) is 2. The van der Waals surface area contributed by atoms with Crippen molar-refractivity contribution in [2.45, 2.75) is 44.6 Å². The Kier molecular flexibility index (Phi) is 8.14. The molecule has 7 nitrogen and oxygen atoms in total. The van der Waals surface area contributed by atoms with E-state index in [4.69, 9.17) is 4.74 Å². The second-order valence-electron chi connectivity index (χ2n) is 9.80. The van der Waals surface area contributed by atoms with Gasteiger partial charge in [-0.15, -0.1) is 0 Å². The molecule has 2 heterocycles. The summed E-state index contributed by atoms with van der Waals surface area (Å²) in [4.78, 5) is 15.1. The smallest absolute Gasteiger partial charge is 0.244 e. The van der Waals surface area contributed by atoms with Crippen LogP contribution in [0.2, 0.25) is 0 Å². The van der Waals surface area contributed by atoms with Gasteiger partial charge in [-0.05, 0) is 55.9 Å². The largest absolute Gasteiger partial charge is 0.379 e. The third kappa shape index (κ3) is 6.41. The van der Waals surface area contributed by atoms with Crippen molar-refractivity contribution in [1.29, 1.82) is 0 Å². The molecule has 8 heteroatoms. The molecule has 2 aliphatic heterocycles. The van der Waals surface area contributed by atoms with Crippen LogP contribution in [-0.2, 0) is 19.6 Å². The van der Waals surface area contributed by atoms with Crippen molar-refractivity contribution < 1.29 is 17.9 Å². The number of morpholine rings is 1. The number of amides is 1. The summed E-state index contributed by atoms with van der Waals surface area (Å²) < 4.78 is 32.1. The van der Waals surface area contributed by atoms with Crippen LogP contribution in [0.5, 0.6) is 0 Å². The number of likely N-dealkylation sites (tertiary alicyclic amines) is 1. The van der Waals surface area contributed by atoms with Crippen LogP contribution >= 0.6 is 0 Å². The van der Waals surface area contributed by atoms with Crippen molar-refractivity contribution in [3.8, 4) is 0 Å². The van der Waals surface area contributed by atoms with E-state index in [-0.39, 0.29) is 16.3 Å². The van der Waals surface area contributed by atoms with Crippen LogP contribution in [-0.4, -0.2) is 75.0 Å². The molecule has 32 heavy (non-hydrogen) atoms. The van der Waals surface area contributed by atoms with Gasteiger partial charge in [-0.25, -0.2) is 8.42 Å². The Morgan fingerprint density at radius 2 is 1.72 bits per heavy atom. The standard InChI is InChI=1S/C24H37N3O4S/c1-19-15-20(2)17-26(16-19)24(3,4)18-25-23(28)10-7-21-5-8-22(9-6-21)32(29,30)27-11-13-31-14-12-27/h5-10,19-20H,11-18H2,1-4H3,(H,25,28)/b10-7+. The van der Waals surface area contributed by atoms with Crippen molar-refractivity contribution in [1.82, 2.24) is 14.5 Å². The number of sulfonamides is 1. The second kappa shape index (κ2) is 10.5. The molecule has 2 fully saturated rings. The third-order valence-electron chi connectivity index (χ3n) is 6.34. The van der Waals surface area contributed by atoms with Crippen molar-refractivity contribution in [2.75, 3.05) is 45.9 Å². The maximum absolute atomic E-state index is 12.7. The Labute approximate surface area is 192 Å². The summed E-state index contributed by atoms with van der Waals surface area (Å²) in [6.07, 6.45) is 4.47. The fraction of sp³-hybridized carbons (Fsp3) is 0.625. The average Bonchev–Trinajstić information content (AvgIpc) is 2.76. The lowest BCUT2D eigenvalue weighted by Crippen LogP contribution is -2.56. The van der Waals surface area contributed by atoms with Gasteiger partial charge in [0.15, 0.2) is 0 Å². The zero-order chi connectivity index (χ0) is 23.4. The number of piperidine rings is 1. The van der Waals surface area contributed by atoms with Gasteiger partial charge in [-0.3, -0.25) is 9.69 Å². The Bertz CT molecular complexity index is 896. The minimum absolute atomic E-state index is 0.109. The van der Waals surface area contributed by atoms with E-state index in [2.05, 4.69) is 37.9 Å². The lowest BCUT2D eigenvalue weighted by atomic mass is 9.88. The first-order chi connectivity index (χ1) is 15.1. The molecule has 2 saturated heterocycles. The first kappa shape index (κ1) is 24.9. The van der Waals surface area contributed by atoms with E-state index in [1.54, 1.807) is 30.3 Å². The topological polar surface area (TPSA) is 79.0 Å². The molecular formula is C24H37N3O4S. The normalized spacial score (nSPS) is 24.0. The average molecular weight is 464 g/mol. The van der Waals surface area contributed by atoms with Crippen molar-refractivity contribution in [2.24, 2.45) is 11.8 Å². The fourth-order valence-electron chi connectivity index (χ4n) is 4.49. The Balaban J connectivity index is 1.54. The first-order valence-corrected chi connectivity index (χ1v) is 12.9. The molecule has 0 aliphatic carbocycles. The van der Waals surface area contributed by atoms with Crippen molar-refractivity contribution in [3.63, 3.8) is 0 Å². The number of carbonyl (C=O) groups is 1.